The summed E-state index contributed by atoms with van der Waals surface area (Å²) >= 11 is 0. The molecule has 0 aromatic carbocycles. The number of nitrogens with zero attached hydrogens (tertiary/aromatic N) is 2. The second-order valence-corrected chi connectivity index (χ2v) is 8.11. The molecule has 5 heteroatoms. The number of hydrogen-bond acceptors (Lipinski definition) is 2. The lowest BCUT2D eigenvalue weighted by molar-refractivity contribution is 0.197. The van der Waals surface area contributed by atoms with Crippen LogP contribution in [0.15, 0.2) is 4.99 Å². The zero-order valence-corrected chi connectivity index (χ0v) is 17.9. The Balaban J connectivity index is 0.00000264. The number of halogens is 1. The molecule has 136 valence electrons. The molecule has 2 rings (SSSR count). The van der Waals surface area contributed by atoms with Crippen LogP contribution in [0.5, 0.6) is 0 Å². The van der Waals surface area contributed by atoms with Gasteiger partial charge in [0.25, 0.3) is 0 Å². The molecule has 23 heavy (non-hydrogen) atoms. The molecule has 0 aromatic heterocycles. The summed E-state index contributed by atoms with van der Waals surface area (Å²) in [5, 5.41) is 7.05. The van der Waals surface area contributed by atoms with Gasteiger partial charge in [0.1, 0.15) is 0 Å². The monoisotopic (exact) mass is 436 g/mol. The van der Waals surface area contributed by atoms with Crippen molar-refractivity contribution in [2.45, 2.75) is 78.3 Å². The number of piperidine rings is 1. The fraction of sp³-hybridized carbons (Fsp3) is 0.944. The maximum Gasteiger partial charge on any atom is 0.191 e. The molecule has 0 aromatic rings. The molecule has 0 atom stereocenters. The Morgan fingerprint density at radius 2 is 1.78 bits per heavy atom. The lowest BCUT2D eigenvalue weighted by atomic mass is 9.91. The summed E-state index contributed by atoms with van der Waals surface area (Å²) in [6.07, 6.45) is 7.76. The minimum atomic E-state index is 0. The summed E-state index contributed by atoms with van der Waals surface area (Å²) in [4.78, 5) is 7.43. The summed E-state index contributed by atoms with van der Waals surface area (Å²) in [7, 11) is 0. The molecular weight excluding hydrogens is 399 g/mol. The van der Waals surface area contributed by atoms with Crippen LogP contribution >= 0.6 is 24.0 Å². The minimum absolute atomic E-state index is 0. The third kappa shape index (κ3) is 8.57. The Morgan fingerprint density at radius 1 is 1.13 bits per heavy atom. The van der Waals surface area contributed by atoms with E-state index in [9.17, 15) is 0 Å². The van der Waals surface area contributed by atoms with Crippen LogP contribution in [0.1, 0.15) is 66.2 Å². The van der Waals surface area contributed by atoms with Gasteiger partial charge < -0.3 is 15.5 Å². The zero-order valence-electron chi connectivity index (χ0n) is 15.5. The quantitative estimate of drug-likeness (QED) is 0.289. The highest BCUT2D eigenvalue weighted by Gasteiger charge is 2.31. The molecule has 0 bridgehead atoms. The van der Waals surface area contributed by atoms with Crippen molar-refractivity contribution in [2.24, 2.45) is 10.4 Å². The van der Waals surface area contributed by atoms with E-state index in [2.05, 4.69) is 43.2 Å². The summed E-state index contributed by atoms with van der Waals surface area (Å²) < 4.78 is 0. The van der Waals surface area contributed by atoms with Gasteiger partial charge in [-0.1, -0.05) is 20.8 Å². The second-order valence-electron chi connectivity index (χ2n) is 8.11. The van der Waals surface area contributed by atoms with Crippen LogP contribution < -0.4 is 10.6 Å². The fourth-order valence-corrected chi connectivity index (χ4v) is 3.16. The standard InChI is InChI=1S/C18H36N4.HI/c1-5-19-17(20-12-6-11-18(2,3)4)21-15-9-13-22(14-10-15)16-7-8-16;/h15-16H,5-14H2,1-4H3,(H2,19,20,21);1H. The summed E-state index contributed by atoms with van der Waals surface area (Å²) in [6.45, 7) is 13.4. The average molecular weight is 436 g/mol. The van der Waals surface area contributed by atoms with Crippen molar-refractivity contribution in [2.75, 3.05) is 26.2 Å². The van der Waals surface area contributed by atoms with E-state index in [1.54, 1.807) is 0 Å². The van der Waals surface area contributed by atoms with E-state index in [-0.39, 0.29) is 24.0 Å². The van der Waals surface area contributed by atoms with Crippen LogP contribution in [-0.2, 0) is 0 Å². The first-order valence-corrected chi connectivity index (χ1v) is 9.27. The van der Waals surface area contributed by atoms with Crippen LogP contribution in [0.25, 0.3) is 0 Å². The van der Waals surface area contributed by atoms with Gasteiger partial charge in [-0.15, -0.1) is 24.0 Å². The number of aliphatic imine (C=N–C) groups is 1. The number of guanidine groups is 1. The normalized spacial score (nSPS) is 21.0. The highest BCUT2D eigenvalue weighted by atomic mass is 127. The molecule has 0 amide bonds. The van der Waals surface area contributed by atoms with Gasteiger partial charge in [0.2, 0.25) is 0 Å². The van der Waals surface area contributed by atoms with E-state index in [0.29, 0.717) is 11.5 Å². The predicted molar refractivity (Wildman–Crippen MR) is 111 cm³/mol. The van der Waals surface area contributed by atoms with Gasteiger partial charge in [-0.05, 0) is 50.9 Å². The minimum Gasteiger partial charge on any atom is -0.357 e. The molecule has 2 fully saturated rings. The maximum absolute atomic E-state index is 4.76. The van der Waals surface area contributed by atoms with Crippen molar-refractivity contribution in [1.29, 1.82) is 0 Å². The number of hydrogen-bond donors (Lipinski definition) is 2. The highest BCUT2D eigenvalue weighted by Crippen LogP contribution is 2.29. The first-order valence-electron chi connectivity index (χ1n) is 9.27. The largest absolute Gasteiger partial charge is 0.357 e. The van der Waals surface area contributed by atoms with Crippen LogP contribution in [0.4, 0.5) is 0 Å². The van der Waals surface area contributed by atoms with Crippen LogP contribution in [0.2, 0.25) is 0 Å². The molecule has 1 saturated carbocycles. The van der Waals surface area contributed by atoms with Gasteiger partial charge in [0.15, 0.2) is 5.96 Å². The molecule has 0 unspecified atom stereocenters. The Hall–Kier alpha value is -0.0400. The topological polar surface area (TPSA) is 39.7 Å². The summed E-state index contributed by atoms with van der Waals surface area (Å²) in [6, 6.07) is 1.51. The third-order valence-corrected chi connectivity index (χ3v) is 4.63. The molecule has 0 radical (unpaired) electrons. The third-order valence-electron chi connectivity index (χ3n) is 4.63. The molecule has 1 heterocycles. The van der Waals surface area contributed by atoms with E-state index < -0.39 is 0 Å². The van der Waals surface area contributed by atoms with Crippen LogP contribution in [0, 0.1) is 5.41 Å². The summed E-state index contributed by atoms with van der Waals surface area (Å²) in [5.41, 5.74) is 0.414. The molecular formula is C18H37IN4. The van der Waals surface area contributed by atoms with E-state index in [1.165, 1.54) is 51.6 Å². The molecule has 0 spiro atoms. The zero-order chi connectivity index (χ0) is 16.0. The van der Waals surface area contributed by atoms with E-state index >= 15 is 0 Å². The van der Waals surface area contributed by atoms with Crippen molar-refractivity contribution in [3.8, 4) is 0 Å². The van der Waals surface area contributed by atoms with Gasteiger partial charge in [-0.25, -0.2) is 0 Å². The smallest absolute Gasteiger partial charge is 0.191 e. The van der Waals surface area contributed by atoms with Gasteiger partial charge >= 0.3 is 0 Å². The first-order chi connectivity index (χ1) is 10.5. The average Bonchev–Trinajstić information content (AvgIpc) is 3.28. The molecule has 1 saturated heterocycles. The molecule has 2 aliphatic rings. The van der Waals surface area contributed by atoms with Crippen LogP contribution in [-0.4, -0.2) is 49.1 Å². The van der Waals surface area contributed by atoms with Crippen molar-refractivity contribution >= 4 is 29.9 Å². The van der Waals surface area contributed by atoms with E-state index in [4.69, 9.17) is 4.99 Å². The lowest BCUT2D eigenvalue weighted by Gasteiger charge is -2.33. The highest BCUT2D eigenvalue weighted by molar-refractivity contribution is 14.0. The van der Waals surface area contributed by atoms with Crippen molar-refractivity contribution in [3.63, 3.8) is 0 Å². The SMILES string of the molecule is CCNC(=NCCCC(C)(C)C)NC1CCN(C2CC2)CC1.I. The molecule has 2 N–H and O–H groups in total. The first kappa shape index (κ1) is 21.0. The van der Waals surface area contributed by atoms with Crippen LogP contribution in [0.3, 0.4) is 0 Å². The Bertz CT molecular complexity index is 353. The number of likely N-dealkylation sites (tertiary alicyclic amines) is 1. The Kier molecular flexibility index (Phi) is 9.19. The predicted octanol–water partition coefficient (Wildman–Crippen LogP) is 3.61. The number of rotatable bonds is 6. The van der Waals surface area contributed by atoms with Crippen molar-refractivity contribution in [3.05, 3.63) is 0 Å². The van der Waals surface area contributed by atoms with Crippen molar-refractivity contribution < 1.29 is 0 Å². The van der Waals surface area contributed by atoms with E-state index in [0.717, 1.165) is 25.1 Å². The van der Waals surface area contributed by atoms with Gasteiger partial charge in [0.05, 0.1) is 0 Å². The second kappa shape index (κ2) is 10.1. The van der Waals surface area contributed by atoms with Gasteiger partial charge in [-0.3, -0.25) is 4.99 Å². The van der Waals surface area contributed by atoms with Gasteiger partial charge in [0, 0.05) is 38.3 Å². The molecule has 1 aliphatic carbocycles. The molecule has 4 nitrogen and oxygen atoms in total. The summed E-state index contributed by atoms with van der Waals surface area (Å²) in [5.74, 6) is 1.02. The fourth-order valence-electron chi connectivity index (χ4n) is 3.16. The number of nitrogens with one attached hydrogen (secondary N) is 2. The lowest BCUT2D eigenvalue weighted by Crippen LogP contribution is -2.49. The van der Waals surface area contributed by atoms with Crippen molar-refractivity contribution in [1.82, 2.24) is 15.5 Å². The van der Waals surface area contributed by atoms with Gasteiger partial charge in [-0.2, -0.15) is 0 Å². The Morgan fingerprint density at radius 3 is 2.30 bits per heavy atom. The Labute approximate surface area is 160 Å². The molecule has 1 aliphatic heterocycles. The van der Waals surface area contributed by atoms with E-state index in [1.807, 2.05) is 0 Å². The maximum atomic E-state index is 4.76.